The molecule has 2 aromatic carbocycles. The molecule has 0 bridgehead atoms. The molecule has 0 spiro atoms. The summed E-state index contributed by atoms with van der Waals surface area (Å²) in [6, 6.07) is 17.0. The fourth-order valence-corrected chi connectivity index (χ4v) is 3.11. The Kier molecular flexibility index (Phi) is 5.72. The molecular formula is C22H15ClFN5O2. The highest BCUT2D eigenvalue weighted by atomic mass is 35.5. The van der Waals surface area contributed by atoms with Gasteiger partial charge in [0.25, 0.3) is 5.91 Å². The van der Waals surface area contributed by atoms with Crippen LogP contribution in [0.25, 0.3) is 22.2 Å². The van der Waals surface area contributed by atoms with Crippen LogP contribution in [0, 0.1) is 5.82 Å². The highest BCUT2D eigenvalue weighted by Crippen LogP contribution is 2.25. The third-order valence-corrected chi connectivity index (χ3v) is 4.70. The lowest BCUT2D eigenvalue weighted by Crippen LogP contribution is -2.44. The number of hydrogen-bond donors (Lipinski definition) is 3. The molecule has 154 valence electrons. The Bertz CT molecular complexity index is 1280. The molecule has 4 aromatic rings. The summed E-state index contributed by atoms with van der Waals surface area (Å²) in [4.78, 5) is 33.4. The molecule has 3 amide bonds. The van der Waals surface area contributed by atoms with E-state index in [9.17, 15) is 14.0 Å². The first-order chi connectivity index (χ1) is 15.0. The van der Waals surface area contributed by atoms with E-state index >= 15 is 0 Å². The topological polar surface area (TPSA) is 96.0 Å². The molecule has 0 saturated carbocycles. The number of urea groups is 1. The van der Waals surface area contributed by atoms with Gasteiger partial charge in [-0.15, -0.1) is 0 Å². The van der Waals surface area contributed by atoms with Gasteiger partial charge in [0.15, 0.2) is 5.15 Å². The van der Waals surface area contributed by atoms with Gasteiger partial charge in [0.05, 0.1) is 22.5 Å². The van der Waals surface area contributed by atoms with Gasteiger partial charge in [0, 0.05) is 17.1 Å². The van der Waals surface area contributed by atoms with E-state index in [1.54, 1.807) is 54.6 Å². The molecular weight excluding hydrogens is 421 g/mol. The Hall–Kier alpha value is -4.04. The van der Waals surface area contributed by atoms with Crippen LogP contribution in [-0.4, -0.2) is 21.9 Å². The van der Waals surface area contributed by atoms with Gasteiger partial charge in [0.2, 0.25) is 0 Å². The number of amides is 3. The van der Waals surface area contributed by atoms with Crippen molar-refractivity contribution in [3.63, 3.8) is 0 Å². The summed E-state index contributed by atoms with van der Waals surface area (Å²) in [5.74, 6) is -0.916. The summed E-state index contributed by atoms with van der Waals surface area (Å²) in [6.45, 7) is 0. The summed E-state index contributed by atoms with van der Waals surface area (Å²) in [5, 5.41) is 3.21. The van der Waals surface area contributed by atoms with Crippen LogP contribution >= 0.6 is 11.6 Å². The number of aromatic nitrogens is 2. The molecule has 0 radical (unpaired) electrons. The van der Waals surface area contributed by atoms with E-state index in [0.717, 1.165) is 0 Å². The first-order valence-electron chi connectivity index (χ1n) is 9.15. The number of benzene rings is 2. The maximum atomic E-state index is 13.3. The molecule has 31 heavy (non-hydrogen) atoms. The summed E-state index contributed by atoms with van der Waals surface area (Å²) < 4.78 is 13.3. The van der Waals surface area contributed by atoms with Crippen LogP contribution in [0.4, 0.5) is 14.9 Å². The molecule has 0 saturated heterocycles. The van der Waals surface area contributed by atoms with Crippen molar-refractivity contribution in [2.45, 2.75) is 0 Å². The maximum absolute atomic E-state index is 13.3. The Morgan fingerprint density at radius 2 is 1.71 bits per heavy atom. The molecule has 0 aliphatic carbocycles. The number of carbonyl (C=O) groups excluding carboxylic acids is 2. The molecule has 9 heteroatoms. The zero-order valence-electron chi connectivity index (χ0n) is 15.9. The van der Waals surface area contributed by atoms with Gasteiger partial charge in [-0.3, -0.25) is 10.2 Å². The lowest BCUT2D eigenvalue weighted by Gasteiger charge is -2.12. The predicted molar refractivity (Wildman–Crippen MR) is 116 cm³/mol. The van der Waals surface area contributed by atoms with E-state index in [0.29, 0.717) is 33.4 Å². The highest BCUT2D eigenvalue weighted by Gasteiger charge is 2.15. The highest BCUT2D eigenvalue weighted by molar-refractivity contribution is 6.32. The summed E-state index contributed by atoms with van der Waals surface area (Å²) in [7, 11) is 0. The van der Waals surface area contributed by atoms with Crippen LogP contribution in [0.15, 0.2) is 72.9 Å². The Morgan fingerprint density at radius 1 is 0.935 bits per heavy atom. The van der Waals surface area contributed by atoms with Crippen molar-refractivity contribution in [2.75, 3.05) is 5.32 Å². The van der Waals surface area contributed by atoms with E-state index in [4.69, 9.17) is 11.6 Å². The third-order valence-electron chi connectivity index (χ3n) is 4.40. The molecule has 2 aromatic heterocycles. The fraction of sp³-hybridized carbons (Fsp3) is 0. The number of pyridine rings is 2. The largest absolute Gasteiger partial charge is 0.338 e. The van der Waals surface area contributed by atoms with Crippen LogP contribution in [0.1, 0.15) is 10.4 Å². The van der Waals surface area contributed by atoms with Crippen molar-refractivity contribution >= 4 is 40.1 Å². The quantitative estimate of drug-likeness (QED) is 0.325. The average molecular weight is 436 g/mol. The smallest absolute Gasteiger partial charge is 0.304 e. The summed E-state index contributed by atoms with van der Waals surface area (Å²) >= 11 is 5.91. The SMILES string of the molecule is O=C(NNC(=O)c1cc(-c2ccc(F)cc2)nc2ccccc12)Nc1cccnc1Cl. The minimum absolute atomic E-state index is 0.119. The minimum Gasteiger partial charge on any atom is -0.304 e. The van der Waals surface area contributed by atoms with Gasteiger partial charge in [0.1, 0.15) is 5.82 Å². The number of halogens is 2. The van der Waals surface area contributed by atoms with Crippen molar-refractivity contribution in [3.05, 3.63) is 89.5 Å². The zero-order valence-corrected chi connectivity index (χ0v) is 16.7. The molecule has 4 rings (SSSR count). The van der Waals surface area contributed by atoms with Crippen molar-refractivity contribution in [2.24, 2.45) is 0 Å². The van der Waals surface area contributed by atoms with Gasteiger partial charge in [-0.2, -0.15) is 0 Å². The molecule has 0 aliphatic heterocycles. The Morgan fingerprint density at radius 3 is 2.48 bits per heavy atom. The number of rotatable bonds is 3. The van der Waals surface area contributed by atoms with Crippen molar-refractivity contribution in [1.29, 1.82) is 0 Å². The second-order valence-electron chi connectivity index (χ2n) is 6.45. The lowest BCUT2D eigenvalue weighted by atomic mass is 10.0. The number of hydrogen-bond acceptors (Lipinski definition) is 4. The van der Waals surface area contributed by atoms with Crippen LogP contribution in [0.2, 0.25) is 5.15 Å². The molecule has 2 heterocycles. The van der Waals surface area contributed by atoms with Crippen LogP contribution < -0.4 is 16.2 Å². The molecule has 3 N–H and O–H groups in total. The van der Waals surface area contributed by atoms with Gasteiger partial charge in [-0.1, -0.05) is 29.8 Å². The Labute approximate surface area is 181 Å². The predicted octanol–water partition coefficient (Wildman–Crippen LogP) is 4.56. The fourth-order valence-electron chi connectivity index (χ4n) is 2.95. The monoisotopic (exact) mass is 435 g/mol. The first-order valence-corrected chi connectivity index (χ1v) is 9.52. The second-order valence-corrected chi connectivity index (χ2v) is 6.81. The van der Waals surface area contributed by atoms with Crippen LogP contribution in [0.3, 0.4) is 0 Å². The van der Waals surface area contributed by atoms with Crippen LogP contribution in [-0.2, 0) is 0 Å². The minimum atomic E-state index is -0.694. The molecule has 0 aliphatic rings. The first kappa shape index (κ1) is 20.2. The number of nitrogens with one attached hydrogen (secondary N) is 3. The van der Waals surface area contributed by atoms with Crippen molar-refractivity contribution in [1.82, 2.24) is 20.8 Å². The molecule has 0 atom stereocenters. The van der Waals surface area contributed by atoms with E-state index in [1.807, 2.05) is 0 Å². The van der Waals surface area contributed by atoms with Crippen molar-refractivity contribution < 1.29 is 14.0 Å². The number of nitrogens with zero attached hydrogens (tertiary/aromatic N) is 2. The summed E-state index contributed by atoms with van der Waals surface area (Å²) in [6.07, 6.45) is 1.49. The van der Waals surface area contributed by atoms with Crippen LogP contribution in [0.5, 0.6) is 0 Å². The van der Waals surface area contributed by atoms with E-state index in [-0.39, 0.29) is 11.0 Å². The van der Waals surface area contributed by atoms with Gasteiger partial charge in [-0.05, 0) is 48.5 Å². The van der Waals surface area contributed by atoms with Gasteiger partial charge < -0.3 is 5.32 Å². The Balaban J connectivity index is 1.57. The number of hydrazine groups is 1. The van der Waals surface area contributed by atoms with Crippen molar-refractivity contribution in [3.8, 4) is 11.3 Å². The normalized spacial score (nSPS) is 10.5. The number of anilines is 1. The lowest BCUT2D eigenvalue weighted by molar-refractivity contribution is 0.0939. The average Bonchev–Trinajstić information content (AvgIpc) is 2.79. The maximum Gasteiger partial charge on any atom is 0.338 e. The molecule has 7 nitrogen and oxygen atoms in total. The standard InChI is InChI=1S/C22H15ClFN5O2/c23-20-18(6-3-11-25-20)27-22(31)29-28-21(30)16-12-19(13-7-9-14(24)10-8-13)26-17-5-2-1-4-15(16)17/h1-12H,(H,28,30)(H2,27,29,31). The van der Waals surface area contributed by atoms with Gasteiger partial charge in [-0.25, -0.2) is 24.6 Å². The number of carbonyl (C=O) groups is 2. The molecule has 0 unspecified atom stereocenters. The summed E-state index contributed by atoms with van der Waals surface area (Å²) in [5.41, 5.74) is 6.97. The molecule has 0 fully saturated rings. The van der Waals surface area contributed by atoms with E-state index in [2.05, 4.69) is 26.1 Å². The number of fused-ring (bicyclic) bond motifs is 1. The third kappa shape index (κ3) is 4.59. The van der Waals surface area contributed by atoms with E-state index < -0.39 is 11.9 Å². The van der Waals surface area contributed by atoms with E-state index in [1.165, 1.54) is 18.3 Å². The van der Waals surface area contributed by atoms with Gasteiger partial charge >= 0.3 is 6.03 Å². The number of para-hydroxylation sites is 1. The second kappa shape index (κ2) is 8.76. The zero-order chi connectivity index (χ0) is 21.8.